The Morgan fingerprint density at radius 2 is 2.25 bits per heavy atom. The molecular formula is C11H12N2OS2. The first-order chi connectivity index (χ1) is 7.79. The highest BCUT2D eigenvalue weighted by Crippen LogP contribution is 2.31. The number of thiazole rings is 1. The number of nitrogen functional groups attached to an aromatic ring is 1. The van der Waals surface area contributed by atoms with Crippen LogP contribution < -0.4 is 10.5 Å². The van der Waals surface area contributed by atoms with Crippen LogP contribution in [0.5, 0.6) is 5.75 Å². The van der Waals surface area contributed by atoms with Crippen molar-refractivity contribution in [2.24, 2.45) is 0 Å². The second kappa shape index (κ2) is 5.23. The fourth-order valence-corrected chi connectivity index (χ4v) is 3.06. The third-order valence-electron chi connectivity index (χ3n) is 2.06. The number of anilines is 1. The van der Waals surface area contributed by atoms with Gasteiger partial charge in [0, 0.05) is 11.3 Å². The van der Waals surface area contributed by atoms with Gasteiger partial charge in [-0.2, -0.15) is 0 Å². The van der Waals surface area contributed by atoms with Crippen LogP contribution in [0.2, 0.25) is 0 Å². The van der Waals surface area contributed by atoms with Crippen LogP contribution in [-0.4, -0.2) is 12.1 Å². The summed E-state index contributed by atoms with van der Waals surface area (Å²) in [4.78, 5) is 4.02. The third kappa shape index (κ3) is 2.68. The minimum absolute atomic E-state index is 0.613. The molecule has 5 heteroatoms. The lowest BCUT2D eigenvalue weighted by Gasteiger charge is -2.06. The minimum Gasteiger partial charge on any atom is -0.496 e. The molecule has 2 rings (SSSR count). The highest BCUT2D eigenvalue weighted by atomic mass is 32.2. The second-order valence-electron chi connectivity index (χ2n) is 3.12. The van der Waals surface area contributed by atoms with Gasteiger partial charge in [0.15, 0.2) is 5.13 Å². The number of hydrogen-bond acceptors (Lipinski definition) is 5. The molecule has 0 radical (unpaired) electrons. The summed E-state index contributed by atoms with van der Waals surface area (Å²) < 4.78 is 6.42. The van der Waals surface area contributed by atoms with Crippen molar-refractivity contribution in [3.05, 3.63) is 36.0 Å². The van der Waals surface area contributed by atoms with E-state index in [0.29, 0.717) is 5.13 Å². The molecule has 2 aromatic rings. The lowest BCUT2D eigenvalue weighted by molar-refractivity contribution is 0.411. The molecular weight excluding hydrogens is 240 g/mol. The zero-order valence-electron chi connectivity index (χ0n) is 8.84. The Balaban J connectivity index is 2.04. The van der Waals surface area contributed by atoms with E-state index < -0.39 is 0 Å². The molecule has 0 spiro atoms. The first kappa shape index (κ1) is 11.3. The molecule has 3 nitrogen and oxygen atoms in total. The molecule has 0 unspecified atom stereocenters. The molecule has 0 bridgehead atoms. The highest BCUT2D eigenvalue weighted by molar-refractivity contribution is 8.00. The van der Waals surface area contributed by atoms with Crippen LogP contribution in [0.3, 0.4) is 0 Å². The fraction of sp³-hybridized carbons (Fsp3) is 0.182. The highest BCUT2D eigenvalue weighted by Gasteiger charge is 2.04. The Bertz CT molecular complexity index is 471. The van der Waals surface area contributed by atoms with Gasteiger partial charge in [-0.3, -0.25) is 0 Å². The molecule has 0 saturated carbocycles. The Morgan fingerprint density at radius 3 is 2.94 bits per heavy atom. The monoisotopic (exact) mass is 252 g/mol. The standard InChI is InChI=1S/C11H12N2OS2/c1-14-9-5-3-2-4-8(9)7-15-10-6-13-11(12)16-10/h2-6H,7H2,1H3,(H2,12,13). The predicted molar refractivity (Wildman–Crippen MR) is 69.1 cm³/mol. The van der Waals surface area contributed by atoms with Crippen LogP contribution in [0.1, 0.15) is 5.56 Å². The number of para-hydroxylation sites is 1. The number of nitrogens with zero attached hydrogens (tertiary/aromatic N) is 1. The van der Waals surface area contributed by atoms with Crippen molar-refractivity contribution < 1.29 is 4.74 Å². The summed E-state index contributed by atoms with van der Waals surface area (Å²) in [6, 6.07) is 8.02. The van der Waals surface area contributed by atoms with Crippen LogP contribution in [-0.2, 0) is 5.75 Å². The van der Waals surface area contributed by atoms with Crippen molar-refractivity contribution in [2.75, 3.05) is 12.8 Å². The van der Waals surface area contributed by atoms with Gasteiger partial charge in [-0.25, -0.2) is 4.98 Å². The molecule has 2 N–H and O–H groups in total. The summed E-state index contributed by atoms with van der Waals surface area (Å²) in [5.74, 6) is 1.79. The molecule has 0 amide bonds. The third-order valence-corrected chi connectivity index (χ3v) is 4.13. The molecule has 1 aromatic carbocycles. The van der Waals surface area contributed by atoms with E-state index in [4.69, 9.17) is 10.5 Å². The first-order valence-corrected chi connectivity index (χ1v) is 6.56. The predicted octanol–water partition coefficient (Wildman–Crippen LogP) is 3.03. The fourth-order valence-electron chi connectivity index (χ4n) is 1.31. The van der Waals surface area contributed by atoms with Crippen molar-refractivity contribution in [1.82, 2.24) is 4.98 Å². The zero-order valence-corrected chi connectivity index (χ0v) is 10.5. The number of hydrogen-bond donors (Lipinski definition) is 1. The number of rotatable bonds is 4. The quantitative estimate of drug-likeness (QED) is 0.850. The van der Waals surface area contributed by atoms with Crippen molar-refractivity contribution in [2.45, 2.75) is 9.96 Å². The van der Waals surface area contributed by atoms with E-state index in [9.17, 15) is 0 Å². The van der Waals surface area contributed by atoms with Crippen LogP contribution in [0.4, 0.5) is 5.13 Å². The van der Waals surface area contributed by atoms with Crippen LogP contribution in [0.15, 0.2) is 34.7 Å². The van der Waals surface area contributed by atoms with Gasteiger partial charge in [0.1, 0.15) is 5.75 Å². The smallest absolute Gasteiger partial charge is 0.181 e. The Kier molecular flexibility index (Phi) is 3.69. The maximum absolute atomic E-state index is 5.57. The summed E-state index contributed by atoms with van der Waals surface area (Å²) >= 11 is 3.23. The van der Waals surface area contributed by atoms with Crippen LogP contribution >= 0.6 is 23.1 Å². The Morgan fingerprint density at radius 1 is 1.44 bits per heavy atom. The van der Waals surface area contributed by atoms with E-state index in [1.165, 1.54) is 16.9 Å². The molecule has 0 fully saturated rings. The summed E-state index contributed by atoms with van der Waals surface area (Å²) in [7, 11) is 1.69. The summed E-state index contributed by atoms with van der Waals surface area (Å²) in [5, 5.41) is 0.613. The molecule has 0 aliphatic heterocycles. The van der Waals surface area contributed by atoms with Gasteiger partial charge in [0.25, 0.3) is 0 Å². The van der Waals surface area contributed by atoms with Crippen molar-refractivity contribution in [3.63, 3.8) is 0 Å². The van der Waals surface area contributed by atoms with E-state index in [1.54, 1.807) is 25.1 Å². The number of nitrogens with two attached hydrogens (primary N) is 1. The largest absolute Gasteiger partial charge is 0.496 e. The van der Waals surface area contributed by atoms with E-state index in [-0.39, 0.29) is 0 Å². The van der Waals surface area contributed by atoms with Crippen molar-refractivity contribution in [3.8, 4) is 5.75 Å². The SMILES string of the molecule is COc1ccccc1CSc1cnc(N)s1. The summed E-state index contributed by atoms with van der Waals surface area (Å²) in [6.45, 7) is 0. The topological polar surface area (TPSA) is 48.1 Å². The average molecular weight is 252 g/mol. The van der Waals surface area contributed by atoms with Crippen molar-refractivity contribution >= 4 is 28.2 Å². The number of methoxy groups -OCH3 is 1. The number of benzene rings is 1. The molecule has 0 aliphatic carbocycles. The van der Waals surface area contributed by atoms with Crippen molar-refractivity contribution in [1.29, 1.82) is 0 Å². The zero-order chi connectivity index (χ0) is 11.4. The second-order valence-corrected chi connectivity index (χ2v) is 5.46. The van der Waals surface area contributed by atoms with Crippen LogP contribution in [0, 0.1) is 0 Å². The normalized spacial score (nSPS) is 10.3. The molecule has 0 saturated heterocycles. The minimum atomic E-state index is 0.613. The van der Waals surface area contributed by atoms with E-state index >= 15 is 0 Å². The van der Waals surface area contributed by atoms with Gasteiger partial charge in [0.2, 0.25) is 0 Å². The maximum atomic E-state index is 5.57. The van der Waals surface area contributed by atoms with Gasteiger partial charge in [-0.05, 0) is 6.07 Å². The average Bonchev–Trinajstić information content (AvgIpc) is 2.73. The number of thioether (sulfide) groups is 1. The van der Waals surface area contributed by atoms with E-state index in [2.05, 4.69) is 11.1 Å². The number of aromatic nitrogens is 1. The van der Waals surface area contributed by atoms with Crippen LogP contribution in [0.25, 0.3) is 0 Å². The molecule has 0 aliphatic rings. The molecule has 1 heterocycles. The van der Waals surface area contributed by atoms with E-state index in [0.717, 1.165) is 15.7 Å². The van der Waals surface area contributed by atoms with Gasteiger partial charge >= 0.3 is 0 Å². The van der Waals surface area contributed by atoms with Gasteiger partial charge in [-0.15, -0.1) is 11.8 Å². The van der Waals surface area contributed by atoms with Gasteiger partial charge in [-0.1, -0.05) is 29.5 Å². The summed E-state index contributed by atoms with van der Waals surface area (Å²) in [5.41, 5.74) is 6.76. The maximum Gasteiger partial charge on any atom is 0.181 e. The molecule has 84 valence electrons. The lowest BCUT2D eigenvalue weighted by Crippen LogP contribution is -1.88. The molecule has 16 heavy (non-hydrogen) atoms. The van der Waals surface area contributed by atoms with Gasteiger partial charge < -0.3 is 10.5 Å². The van der Waals surface area contributed by atoms with Gasteiger partial charge in [0.05, 0.1) is 17.5 Å². The first-order valence-electron chi connectivity index (χ1n) is 4.75. The summed E-state index contributed by atoms with van der Waals surface area (Å²) in [6.07, 6.45) is 1.81. The Labute approximate surface area is 103 Å². The Hall–Kier alpha value is -1.20. The van der Waals surface area contributed by atoms with E-state index in [1.807, 2.05) is 18.2 Å². The lowest BCUT2D eigenvalue weighted by atomic mass is 10.2. The molecule has 0 atom stereocenters. The number of ether oxygens (including phenoxy) is 1. The molecule has 1 aromatic heterocycles.